The zero-order chi connectivity index (χ0) is 20.3. The van der Waals surface area contributed by atoms with E-state index in [9.17, 15) is 22.0 Å². The number of hydrogen-bond donors (Lipinski definition) is 0. The highest BCUT2D eigenvalue weighted by atomic mass is 19.2. The molecule has 0 aromatic heterocycles. The van der Waals surface area contributed by atoms with Crippen molar-refractivity contribution in [2.24, 2.45) is 0 Å². The Morgan fingerprint density at radius 3 is 2.18 bits per heavy atom. The standard InChI is InChI=1S/C23H25F5/c1-2-3-4-5-6-7-14-10-18(24)21(19(25)11-14)15-8-9-17-16(12-15)13-20(26)23(28)22(17)27/h10-11,13,15H,2-9,12H2,1H3. The third-order valence-electron chi connectivity index (χ3n) is 5.68. The number of unbranched alkanes of at least 4 members (excludes halogenated alkanes) is 4. The van der Waals surface area contributed by atoms with Crippen molar-refractivity contribution < 1.29 is 22.0 Å². The second-order valence-electron chi connectivity index (χ2n) is 7.70. The summed E-state index contributed by atoms with van der Waals surface area (Å²) in [5, 5.41) is 0. The van der Waals surface area contributed by atoms with Crippen LogP contribution in [0.3, 0.4) is 0 Å². The topological polar surface area (TPSA) is 0 Å². The molecule has 0 saturated carbocycles. The van der Waals surface area contributed by atoms with E-state index in [1.165, 1.54) is 12.1 Å². The molecule has 0 N–H and O–H groups in total. The second kappa shape index (κ2) is 9.06. The third kappa shape index (κ3) is 4.39. The van der Waals surface area contributed by atoms with Crippen LogP contribution in [0.4, 0.5) is 22.0 Å². The Morgan fingerprint density at radius 1 is 0.821 bits per heavy atom. The lowest BCUT2D eigenvalue weighted by Gasteiger charge is -2.26. The minimum Gasteiger partial charge on any atom is -0.207 e. The van der Waals surface area contributed by atoms with Crippen LogP contribution < -0.4 is 0 Å². The Balaban J connectivity index is 1.76. The van der Waals surface area contributed by atoms with Gasteiger partial charge in [0.1, 0.15) is 11.6 Å². The van der Waals surface area contributed by atoms with Crippen LogP contribution in [0.1, 0.15) is 73.6 Å². The first-order valence-corrected chi connectivity index (χ1v) is 10.0. The summed E-state index contributed by atoms with van der Waals surface area (Å²) in [6, 6.07) is 3.69. The first-order chi connectivity index (χ1) is 13.4. The molecule has 0 nitrogen and oxygen atoms in total. The van der Waals surface area contributed by atoms with Crippen molar-refractivity contribution in [3.63, 3.8) is 0 Å². The molecule has 0 radical (unpaired) electrons. The molecule has 5 heteroatoms. The molecular formula is C23H25F5. The maximum absolute atomic E-state index is 14.7. The number of halogens is 5. The summed E-state index contributed by atoms with van der Waals surface area (Å²) >= 11 is 0. The van der Waals surface area contributed by atoms with E-state index in [1.54, 1.807) is 0 Å². The molecule has 0 saturated heterocycles. The molecule has 1 atom stereocenters. The SMILES string of the molecule is CCCCCCCc1cc(F)c(C2CCc3c(cc(F)c(F)c3F)C2)c(F)c1. The zero-order valence-corrected chi connectivity index (χ0v) is 16.1. The molecule has 0 fully saturated rings. The lowest BCUT2D eigenvalue weighted by Crippen LogP contribution is -2.18. The van der Waals surface area contributed by atoms with Crippen LogP contribution in [-0.4, -0.2) is 0 Å². The largest absolute Gasteiger partial charge is 0.207 e. The first-order valence-electron chi connectivity index (χ1n) is 10.0. The van der Waals surface area contributed by atoms with Crippen molar-refractivity contribution in [1.82, 2.24) is 0 Å². The predicted octanol–water partition coefficient (Wildman–Crippen LogP) is 7.17. The van der Waals surface area contributed by atoms with E-state index in [0.29, 0.717) is 18.4 Å². The second-order valence-corrected chi connectivity index (χ2v) is 7.70. The van der Waals surface area contributed by atoms with Gasteiger partial charge in [-0.1, -0.05) is 32.6 Å². The quantitative estimate of drug-likeness (QED) is 0.264. The van der Waals surface area contributed by atoms with Crippen molar-refractivity contribution in [2.45, 2.75) is 70.6 Å². The van der Waals surface area contributed by atoms with Gasteiger partial charge in [0.2, 0.25) is 0 Å². The summed E-state index contributed by atoms with van der Waals surface area (Å²) in [6.07, 6.45) is 6.48. The number of fused-ring (bicyclic) bond motifs is 1. The van der Waals surface area contributed by atoms with Crippen LogP contribution in [0.5, 0.6) is 0 Å². The summed E-state index contributed by atoms with van der Waals surface area (Å²) in [7, 11) is 0. The molecule has 2 aromatic carbocycles. The zero-order valence-electron chi connectivity index (χ0n) is 16.1. The van der Waals surface area contributed by atoms with Crippen molar-refractivity contribution in [3.8, 4) is 0 Å². The summed E-state index contributed by atoms with van der Waals surface area (Å²) in [5.74, 6) is -5.68. The Morgan fingerprint density at radius 2 is 1.50 bits per heavy atom. The van der Waals surface area contributed by atoms with Gasteiger partial charge in [-0.15, -0.1) is 0 Å². The fourth-order valence-corrected chi connectivity index (χ4v) is 4.17. The summed E-state index contributed by atoms with van der Waals surface area (Å²) in [4.78, 5) is 0. The number of rotatable bonds is 7. The molecular weight excluding hydrogens is 371 g/mol. The highest BCUT2D eigenvalue weighted by molar-refractivity contribution is 5.38. The van der Waals surface area contributed by atoms with Crippen LogP contribution in [0.25, 0.3) is 0 Å². The van der Waals surface area contributed by atoms with Gasteiger partial charge in [0.05, 0.1) is 0 Å². The lowest BCUT2D eigenvalue weighted by atomic mass is 9.79. The monoisotopic (exact) mass is 396 g/mol. The highest BCUT2D eigenvalue weighted by Crippen LogP contribution is 2.37. The summed E-state index contributed by atoms with van der Waals surface area (Å²) in [6.45, 7) is 2.13. The fraction of sp³-hybridized carbons (Fsp3) is 0.478. The van der Waals surface area contributed by atoms with Gasteiger partial charge in [-0.2, -0.15) is 0 Å². The molecule has 0 bridgehead atoms. The van der Waals surface area contributed by atoms with Crippen molar-refractivity contribution in [1.29, 1.82) is 0 Å². The van der Waals surface area contributed by atoms with E-state index in [0.717, 1.165) is 38.2 Å². The predicted molar refractivity (Wildman–Crippen MR) is 99.9 cm³/mol. The number of aryl methyl sites for hydroxylation is 1. The van der Waals surface area contributed by atoms with E-state index >= 15 is 0 Å². The number of benzene rings is 2. The van der Waals surface area contributed by atoms with Gasteiger partial charge in [-0.3, -0.25) is 0 Å². The van der Waals surface area contributed by atoms with Crippen LogP contribution in [0.2, 0.25) is 0 Å². The Bertz CT molecular complexity index is 820. The third-order valence-corrected chi connectivity index (χ3v) is 5.68. The van der Waals surface area contributed by atoms with Crippen LogP contribution in [-0.2, 0) is 19.3 Å². The summed E-state index contributed by atoms with van der Waals surface area (Å²) in [5.41, 5.74) is 0.988. The molecule has 28 heavy (non-hydrogen) atoms. The van der Waals surface area contributed by atoms with E-state index in [1.807, 2.05) is 0 Å². The molecule has 1 aliphatic carbocycles. The number of hydrogen-bond acceptors (Lipinski definition) is 0. The van der Waals surface area contributed by atoms with Crippen molar-refractivity contribution in [2.75, 3.05) is 0 Å². The van der Waals surface area contributed by atoms with E-state index in [4.69, 9.17) is 0 Å². The maximum atomic E-state index is 14.7. The van der Waals surface area contributed by atoms with E-state index in [2.05, 4.69) is 6.92 Å². The van der Waals surface area contributed by atoms with Gasteiger partial charge >= 0.3 is 0 Å². The lowest BCUT2D eigenvalue weighted by molar-refractivity contribution is 0.424. The molecule has 0 heterocycles. The molecule has 0 amide bonds. The maximum Gasteiger partial charge on any atom is 0.194 e. The average Bonchev–Trinajstić information content (AvgIpc) is 2.65. The highest BCUT2D eigenvalue weighted by Gasteiger charge is 2.29. The van der Waals surface area contributed by atoms with Gasteiger partial charge in [-0.25, -0.2) is 22.0 Å². The van der Waals surface area contributed by atoms with Crippen LogP contribution >= 0.6 is 0 Å². The van der Waals surface area contributed by atoms with Crippen LogP contribution in [0.15, 0.2) is 18.2 Å². The van der Waals surface area contributed by atoms with Gasteiger partial charge in [-0.05, 0) is 72.9 Å². The molecule has 2 aromatic rings. The minimum atomic E-state index is -1.49. The molecule has 0 aliphatic heterocycles. The molecule has 152 valence electrons. The molecule has 3 rings (SSSR count). The molecule has 1 unspecified atom stereocenters. The molecule has 1 aliphatic rings. The van der Waals surface area contributed by atoms with Gasteiger partial charge in [0, 0.05) is 5.56 Å². The fourth-order valence-electron chi connectivity index (χ4n) is 4.17. The first kappa shape index (κ1) is 20.8. The Kier molecular flexibility index (Phi) is 6.73. The Labute approximate surface area is 162 Å². The van der Waals surface area contributed by atoms with Gasteiger partial charge in [0.25, 0.3) is 0 Å². The normalized spacial score (nSPS) is 16.3. The van der Waals surface area contributed by atoms with Crippen molar-refractivity contribution >= 4 is 0 Å². The average molecular weight is 396 g/mol. The van der Waals surface area contributed by atoms with E-state index < -0.39 is 35.0 Å². The van der Waals surface area contributed by atoms with Gasteiger partial charge in [0.15, 0.2) is 17.5 Å². The minimum absolute atomic E-state index is 0.0366. The van der Waals surface area contributed by atoms with Crippen molar-refractivity contribution in [3.05, 3.63) is 69.5 Å². The Hall–Kier alpha value is -1.91. The van der Waals surface area contributed by atoms with E-state index in [-0.39, 0.29) is 29.5 Å². The smallest absolute Gasteiger partial charge is 0.194 e. The van der Waals surface area contributed by atoms with Crippen LogP contribution in [0, 0.1) is 29.1 Å². The van der Waals surface area contributed by atoms with Gasteiger partial charge < -0.3 is 0 Å². The summed E-state index contributed by atoms with van der Waals surface area (Å²) < 4.78 is 70.2. The molecule has 0 spiro atoms.